The average Bonchev–Trinajstić information content (AvgIpc) is 3.00. The third-order valence-corrected chi connectivity index (χ3v) is 9.02. The number of ether oxygens (including phenoxy) is 4. The number of aromatic nitrogens is 1. The largest absolute Gasteiger partial charge is 0.506 e. The van der Waals surface area contributed by atoms with Crippen molar-refractivity contribution < 1.29 is 43.5 Å². The molecule has 234 valence electrons. The molecule has 0 unspecified atom stereocenters. The molecule has 4 atom stereocenters. The van der Waals surface area contributed by atoms with Crippen LogP contribution in [-0.2, 0) is 25.4 Å². The van der Waals surface area contributed by atoms with Gasteiger partial charge < -0.3 is 38.7 Å². The Balaban J connectivity index is 1.59. The first-order chi connectivity index (χ1) is 21.5. The molecule has 0 fully saturated rings. The van der Waals surface area contributed by atoms with Crippen molar-refractivity contribution in [3.05, 3.63) is 60.9 Å². The third kappa shape index (κ3) is 4.01. The number of aryl methyl sites for hydroxylation is 1. The van der Waals surface area contributed by atoms with Crippen LogP contribution in [0.5, 0.6) is 17.2 Å². The first kappa shape index (κ1) is 29.2. The Labute approximate surface area is 254 Å². The van der Waals surface area contributed by atoms with Crippen molar-refractivity contribution in [2.45, 2.75) is 58.0 Å². The van der Waals surface area contributed by atoms with E-state index in [1.807, 2.05) is 0 Å². The van der Waals surface area contributed by atoms with Crippen LogP contribution in [0.2, 0.25) is 0 Å². The highest BCUT2D eigenvalue weighted by molar-refractivity contribution is 6.37. The summed E-state index contributed by atoms with van der Waals surface area (Å²) in [7, 11) is 2.78. The van der Waals surface area contributed by atoms with E-state index in [2.05, 4.69) is 5.10 Å². The molecule has 7 rings (SSSR count). The van der Waals surface area contributed by atoms with Crippen LogP contribution >= 0.6 is 0 Å². The maximum Gasteiger partial charge on any atom is 0.282 e. The molecule has 0 saturated carbocycles. The monoisotopic (exact) mass is 618 g/mol. The van der Waals surface area contributed by atoms with Gasteiger partial charge in [-0.05, 0) is 36.9 Å². The minimum Gasteiger partial charge on any atom is -0.506 e. The fraction of sp³-hybridized carbons (Fsp3) is 0.375. The van der Waals surface area contributed by atoms with Crippen LogP contribution < -0.4 is 15.7 Å². The van der Waals surface area contributed by atoms with Gasteiger partial charge in [0.15, 0.2) is 23.9 Å². The number of ketones is 1. The Bertz CT molecular complexity index is 2130. The van der Waals surface area contributed by atoms with Gasteiger partial charge in [0.1, 0.15) is 34.5 Å². The average molecular weight is 619 g/mol. The van der Waals surface area contributed by atoms with Gasteiger partial charge in [0, 0.05) is 56.4 Å². The van der Waals surface area contributed by atoms with Crippen molar-refractivity contribution in [2.24, 2.45) is 5.10 Å². The van der Waals surface area contributed by atoms with Crippen molar-refractivity contribution in [2.75, 3.05) is 21.0 Å². The summed E-state index contributed by atoms with van der Waals surface area (Å²) in [6, 6.07) is 3.41. The van der Waals surface area contributed by atoms with Gasteiger partial charge in [0.05, 0.1) is 29.3 Å². The highest BCUT2D eigenvalue weighted by atomic mass is 16.7. The second-order valence-corrected chi connectivity index (χ2v) is 11.6. The zero-order valence-corrected chi connectivity index (χ0v) is 25.1. The quantitative estimate of drug-likeness (QED) is 0.285. The van der Waals surface area contributed by atoms with Crippen molar-refractivity contribution in [1.82, 2.24) is 4.68 Å². The fourth-order valence-electron chi connectivity index (χ4n) is 6.80. The lowest BCUT2D eigenvalue weighted by Crippen LogP contribution is -2.34. The maximum atomic E-state index is 14.2. The van der Waals surface area contributed by atoms with Crippen molar-refractivity contribution >= 4 is 33.2 Å². The number of carbonyl (C=O) groups excluding carboxylic acids is 1. The van der Waals surface area contributed by atoms with E-state index >= 15 is 0 Å². The number of nitrogens with zero attached hydrogens (tertiary/aromatic N) is 2. The number of aliphatic hydroxyl groups is 1. The molecule has 13 nitrogen and oxygen atoms in total. The molecule has 0 spiro atoms. The molecule has 3 heterocycles. The van der Waals surface area contributed by atoms with Gasteiger partial charge >= 0.3 is 0 Å². The molecule has 4 aromatic rings. The molecule has 1 aliphatic heterocycles. The lowest BCUT2D eigenvalue weighted by molar-refractivity contribution is -0.111. The number of phenolic OH excluding ortho intramolecular Hbond substituents is 2. The number of aliphatic hydroxyl groups excluding tert-OH is 1. The van der Waals surface area contributed by atoms with Crippen LogP contribution in [0.4, 0.5) is 0 Å². The number of hydrogen-bond donors (Lipinski definition) is 3. The van der Waals surface area contributed by atoms with Gasteiger partial charge in [0.25, 0.3) is 5.56 Å². The molecule has 2 aliphatic carbocycles. The Kier molecular flexibility index (Phi) is 6.64. The zero-order chi connectivity index (χ0) is 32.1. The van der Waals surface area contributed by atoms with Gasteiger partial charge in [0.2, 0.25) is 5.43 Å². The summed E-state index contributed by atoms with van der Waals surface area (Å²) >= 11 is 0. The summed E-state index contributed by atoms with van der Waals surface area (Å²) in [5.41, 5.74) is 0.383. The lowest BCUT2D eigenvalue weighted by atomic mass is 9.79. The summed E-state index contributed by atoms with van der Waals surface area (Å²) in [5, 5.41) is 38.7. The molecule has 3 N–H and O–H groups in total. The first-order valence-electron chi connectivity index (χ1n) is 14.3. The number of aromatic hydroxyl groups is 2. The smallest absolute Gasteiger partial charge is 0.282 e. The highest BCUT2D eigenvalue weighted by Gasteiger charge is 2.43. The molecule has 2 aromatic carbocycles. The van der Waals surface area contributed by atoms with Crippen LogP contribution in [0.15, 0.2) is 31.2 Å². The van der Waals surface area contributed by atoms with E-state index < -0.39 is 46.9 Å². The maximum absolute atomic E-state index is 14.2. The van der Waals surface area contributed by atoms with Crippen molar-refractivity contribution in [3.63, 3.8) is 0 Å². The van der Waals surface area contributed by atoms with E-state index in [1.54, 1.807) is 19.1 Å². The molecule has 45 heavy (non-hydrogen) atoms. The minimum atomic E-state index is -1.03. The first-order valence-corrected chi connectivity index (χ1v) is 14.3. The predicted octanol–water partition coefficient (Wildman–Crippen LogP) is 3.41. The minimum absolute atomic E-state index is 0.0517. The number of rotatable bonds is 4. The predicted molar refractivity (Wildman–Crippen MR) is 160 cm³/mol. The molecule has 2 aromatic heterocycles. The van der Waals surface area contributed by atoms with Crippen molar-refractivity contribution in [3.8, 4) is 28.4 Å². The normalized spacial score (nSPS) is 22.1. The summed E-state index contributed by atoms with van der Waals surface area (Å²) in [6.07, 6.45) is -3.20. The molecule has 13 heteroatoms. The van der Waals surface area contributed by atoms with Crippen LogP contribution in [-0.4, -0.2) is 58.6 Å². The Morgan fingerprint density at radius 1 is 1.04 bits per heavy atom. The lowest BCUT2D eigenvalue weighted by Gasteiger charge is -2.36. The van der Waals surface area contributed by atoms with E-state index in [1.165, 1.54) is 28.1 Å². The second-order valence-electron chi connectivity index (χ2n) is 11.6. The number of benzene rings is 2. The fourth-order valence-corrected chi connectivity index (χ4v) is 6.80. The molecular formula is C32H30N2O11. The molecule has 0 radical (unpaired) electrons. The Hall–Kier alpha value is -4.56. The third-order valence-electron chi connectivity index (χ3n) is 9.02. The van der Waals surface area contributed by atoms with Gasteiger partial charge in [-0.3, -0.25) is 14.4 Å². The van der Waals surface area contributed by atoms with E-state index in [0.717, 1.165) is 4.68 Å². The molecule has 3 aliphatic rings. The van der Waals surface area contributed by atoms with Gasteiger partial charge in [-0.15, -0.1) is 0 Å². The summed E-state index contributed by atoms with van der Waals surface area (Å²) in [4.78, 5) is 39.8. The van der Waals surface area contributed by atoms with Gasteiger partial charge in [-0.1, -0.05) is 0 Å². The summed E-state index contributed by atoms with van der Waals surface area (Å²) < 4.78 is 30.2. The number of carbonyl (C=O) groups is 1. The zero-order valence-electron chi connectivity index (χ0n) is 25.1. The van der Waals surface area contributed by atoms with E-state index in [9.17, 15) is 29.7 Å². The highest BCUT2D eigenvalue weighted by Crippen LogP contribution is 2.57. The number of methoxy groups -OCH3 is 2. The van der Waals surface area contributed by atoms with E-state index in [-0.39, 0.29) is 75.7 Å². The van der Waals surface area contributed by atoms with E-state index in [4.69, 9.17) is 23.4 Å². The van der Waals surface area contributed by atoms with Crippen LogP contribution in [0.25, 0.3) is 32.9 Å². The standard InChI is InChI=1S/C32H30N2O11/c1-11-6-14-7-15-8-18-21-23(19(15)25(37)20(14)32(40)34(11)33-12(2)13(3)35)27(39)24-26(38)22-17(41-4)9-16(36)28(42-5)30(22)45-31(24)29(21)44-10-43-18/h6-7,16-18,28,36-37,39H,8-10H2,1-5H3/b33-12-/t16-,17-,18-,28-/m0/s1. The van der Waals surface area contributed by atoms with Gasteiger partial charge in [-0.25, -0.2) is 4.68 Å². The molecule has 0 saturated heterocycles. The second kappa shape index (κ2) is 10.2. The number of pyridine rings is 1. The summed E-state index contributed by atoms with van der Waals surface area (Å²) in [6.45, 7) is 4.30. The number of Topliss-reactive ketones (excluding diaryl/α,β-unsaturated/α-hetero) is 1. The van der Waals surface area contributed by atoms with Crippen LogP contribution in [0.1, 0.15) is 66.7 Å². The summed E-state index contributed by atoms with van der Waals surface area (Å²) in [5.74, 6) is -1.06. The topological polar surface area (TPSA) is 179 Å². The number of hydrogen-bond acceptors (Lipinski definition) is 12. The SMILES string of the molecule is CO[C@H]1C[C@H](O)[C@H](OC)c2oc3c4c5c(c(O)c3c(=O)c21)-c1c(cc2cc(C)n(/N=C(/C)C(C)=O)c(=O)c2c1O)C[C@@H]5OCO4. The van der Waals surface area contributed by atoms with E-state index in [0.29, 0.717) is 22.2 Å². The van der Waals surface area contributed by atoms with Crippen LogP contribution in [0, 0.1) is 6.92 Å². The molecule has 0 amide bonds. The number of fused-ring (bicyclic) bond motifs is 6. The molecule has 0 bridgehead atoms. The van der Waals surface area contributed by atoms with Gasteiger partial charge in [-0.2, -0.15) is 5.10 Å². The van der Waals surface area contributed by atoms with Crippen molar-refractivity contribution in [1.29, 1.82) is 0 Å². The number of phenols is 2. The molecular weight excluding hydrogens is 588 g/mol. The van der Waals surface area contributed by atoms with Crippen LogP contribution in [0.3, 0.4) is 0 Å². The Morgan fingerprint density at radius 2 is 1.78 bits per heavy atom. The Morgan fingerprint density at radius 3 is 2.47 bits per heavy atom.